The number of halogens is 1. The fourth-order valence-corrected chi connectivity index (χ4v) is 2.73. The van der Waals surface area contributed by atoms with E-state index in [0.29, 0.717) is 35.3 Å². The Hall–Kier alpha value is -1.59. The fourth-order valence-electron chi connectivity index (χ4n) is 2.26. The van der Waals surface area contributed by atoms with Gasteiger partial charge in [-0.1, -0.05) is 35.9 Å². The van der Waals surface area contributed by atoms with Crippen LogP contribution in [0.1, 0.15) is 17.3 Å². The van der Waals surface area contributed by atoms with Crippen LogP contribution >= 0.6 is 23.8 Å². The Labute approximate surface area is 141 Å². The molecule has 1 amide bonds. The summed E-state index contributed by atoms with van der Waals surface area (Å²) < 4.78 is 0. The molecule has 0 unspecified atom stereocenters. The summed E-state index contributed by atoms with van der Waals surface area (Å²) in [6.07, 6.45) is 0. The zero-order valence-corrected chi connectivity index (χ0v) is 14.2. The number of benzene rings is 1. The third-order valence-corrected chi connectivity index (χ3v) is 4.23. The molecule has 0 saturated carbocycles. The van der Waals surface area contributed by atoms with E-state index in [-0.39, 0.29) is 5.91 Å². The number of piperazine rings is 1. The maximum Gasteiger partial charge on any atom is 0.255 e. The van der Waals surface area contributed by atoms with Gasteiger partial charge in [-0.3, -0.25) is 4.79 Å². The third-order valence-electron chi connectivity index (χ3n) is 3.50. The van der Waals surface area contributed by atoms with Crippen LogP contribution < -0.4 is 5.32 Å². The van der Waals surface area contributed by atoms with Gasteiger partial charge in [0, 0.05) is 32.7 Å². The van der Waals surface area contributed by atoms with E-state index < -0.39 is 0 Å². The van der Waals surface area contributed by atoms with Crippen LogP contribution in [-0.4, -0.2) is 53.5 Å². The number of nitrogens with one attached hydrogen (secondary N) is 1. The van der Waals surface area contributed by atoms with E-state index in [1.54, 1.807) is 12.1 Å². The van der Waals surface area contributed by atoms with Gasteiger partial charge in [-0.25, -0.2) is 0 Å². The van der Waals surface area contributed by atoms with Gasteiger partial charge < -0.3 is 15.1 Å². The molecule has 118 valence electrons. The molecule has 1 aliphatic heterocycles. The highest BCUT2D eigenvalue weighted by molar-refractivity contribution is 7.80. The lowest BCUT2D eigenvalue weighted by atomic mass is 10.2. The Morgan fingerprint density at radius 2 is 1.86 bits per heavy atom. The van der Waals surface area contributed by atoms with Crippen LogP contribution in [0.15, 0.2) is 36.4 Å². The summed E-state index contributed by atoms with van der Waals surface area (Å²) in [5.41, 5.74) is 1.59. The van der Waals surface area contributed by atoms with Crippen molar-refractivity contribution in [1.29, 1.82) is 0 Å². The molecule has 1 fully saturated rings. The first kappa shape index (κ1) is 16.8. The number of thiocarbonyl (C=S) groups is 1. The normalized spacial score (nSPS) is 14.6. The number of hydrogen-bond donors (Lipinski definition) is 1. The molecule has 1 heterocycles. The quantitative estimate of drug-likeness (QED) is 0.679. The second kappa shape index (κ2) is 7.61. The molecule has 4 nitrogen and oxygen atoms in total. The Morgan fingerprint density at radius 1 is 1.27 bits per heavy atom. The lowest BCUT2D eigenvalue weighted by Crippen LogP contribution is -2.53. The van der Waals surface area contributed by atoms with Crippen molar-refractivity contribution in [2.24, 2.45) is 0 Å². The molecule has 0 bridgehead atoms. The average molecular weight is 338 g/mol. The molecule has 1 aromatic rings. The molecule has 1 saturated heterocycles. The first-order valence-electron chi connectivity index (χ1n) is 7.20. The second-order valence-electron chi connectivity index (χ2n) is 5.37. The minimum Gasteiger partial charge on any atom is -0.359 e. The van der Waals surface area contributed by atoms with Gasteiger partial charge in [0.05, 0.1) is 10.6 Å². The maximum atomic E-state index is 12.5. The van der Waals surface area contributed by atoms with Gasteiger partial charge in [0.2, 0.25) is 0 Å². The topological polar surface area (TPSA) is 35.6 Å². The molecule has 1 aromatic carbocycles. The van der Waals surface area contributed by atoms with Crippen LogP contribution in [0.5, 0.6) is 0 Å². The summed E-state index contributed by atoms with van der Waals surface area (Å²) in [4.78, 5) is 16.4. The molecule has 0 aliphatic carbocycles. The van der Waals surface area contributed by atoms with E-state index in [1.165, 1.54) is 0 Å². The van der Waals surface area contributed by atoms with Gasteiger partial charge in [0.15, 0.2) is 5.11 Å². The summed E-state index contributed by atoms with van der Waals surface area (Å²) in [5.74, 6) is -0.0222. The van der Waals surface area contributed by atoms with Gasteiger partial charge in [0.25, 0.3) is 5.91 Å². The predicted octanol–water partition coefficient (Wildman–Crippen LogP) is 2.55. The van der Waals surface area contributed by atoms with Gasteiger partial charge in [-0.05, 0) is 31.3 Å². The van der Waals surface area contributed by atoms with Gasteiger partial charge >= 0.3 is 0 Å². The number of carbonyl (C=O) groups is 1. The lowest BCUT2D eigenvalue weighted by Gasteiger charge is -2.36. The number of amides is 1. The molecular weight excluding hydrogens is 318 g/mol. The molecule has 22 heavy (non-hydrogen) atoms. The first-order chi connectivity index (χ1) is 10.5. The van der Waals surface area contributed by atoms with Crippen LogP contribution in [0.3, 0.4) is 0 Å². The Bertz CT molecular complexity index is 583. The third kappa shape index (κ3) is 4.21. The number of rotatable bonds is 3. The highest BCUT2D eigenvalue weighted by atomic mass is 35.5. The summed E-state index contributed by atoms with van der Waals surface area (Å²) in [6.45, 7) is 9.19. The fraction of sp³-hybridized carbons (Fsp3) is 0.375. The minimum atomic E-state index is -0.0222. The largest absolute Gasteiger partial charge is 0.359 e. The van der Waals surface area contributed by atoms with Crippen molar-refractivity contribution in [3.63, 3.8) is 0 Å². The Morgan fingerprint density at radius 3 is 2.45 bits per heavy atom. The van der Waals surface area contributed by atoms with E-state index in [0.717, 1.165) is 18.7 Å². The molecule has 0 spiro atoms. The van der Waals surface area contributed by atoms with E-state index in [1.807, 2.05) is 24.0 Å². The monoisotopic (exact) mass is 337 g/mol. The minimum absolute atomic E-state index is 0.0222. The maximum absolute atomic E-state index is 12.5. The van der Waals surface area contributed by atoms with Crippen molar-refractivity contribution < 1.29 is 4.79 Å². The van der Waals surface area contributed by atoms with Gasteiger partial charge in [-0.2, -0.15) is 0 Å². The van der Waals surface area contributed by atoms with Crippen LogP contribution in [0, 0.1) is 0 Å². The van der Waals surface area contributed by atoms with Crippen LogP contribution in [0.4, 0.5) is 0 Å². The number of carbonyl (C=O) groups excluding carboxylic acids is 1. The molecule has 1 N–H and O–H groups in total. The lowest BCUT2D eigenvalue weighted by molar-refractivity contribution is 0.0691. The molecule has 0 aromatic heterocycles. The van der Waals surface area contributed by atoms with Gasteiger partial charge in [-0.15, -0.1) is 0 Å². The molecule has 6 heteroatoms. The summed E-state index contributed by atoms with van der Waals surface area (Å²) in [5, 5.41) is 4.38. The van der Waals surface area contributed by atoms with Crippen LogP contribution in [0.2, 0.25) is 5.02 Å². The van der Waals surface area contributed by atoms with Crippen molar-refractivity contribution in [2.45, 2.75) is 6.92 Å². The van der Waals surface area contributed by atoms with Crippen LogP contribution in [-0.2, 0) is 0 Å². The second-order valence-corrected chi connectivity index (χ2v) is 6.17. The van der Waals surface area contributed by atoms with Crippen LogP contribution in [0.25, 0.3) is 0 Å². The number of hydrogen-bond acceptors (Lipinski definition) is 2. The van der Waals surface area contributed by atoms with Crippen molar-refractivity contribution in [3.8, 4) is 0 Å². The van der Waals surface area contributed by atoms with Crippen molar-refractivity contribution >= 4 is 34.8 Å². The summed E-state index contributed by atoms with van der Waals surface area (Å²) in [6, 6.07) is 7.15. The smallest absolute Gasteiger partial charge is 0.255 e. The molecule has 0 atom stereocenters. The van der Waals surface area contributed by atoms with Gasteiger partial charge in [0.1, 0.15) is 0 Å². The van der Waals surface area contributed by atoms with E-state index in [4.69, 9.17) is 23.8 Å². The average Bonchev–Trinajstić information content (AvgIpc) is 2.52. The highest BCUT2D eigenvalue weighted by Crippen LogP contribution is 2.18. The number of nitrogens with zero attached hydrogens (tertiary/aromatic N) is 2. The first-order valence-corrected chi connectivity index (χ1v) is 7.98. The Balaban J connectivity index is 1.89. The summed E-state index contributed by atoms with van der Waals surface area (Å²) in [7, 11) is 0. The Kier molecular flexibility index (Phi) is 5.80. The molecule has 2 rings (SSSR count). The standard InChI is InChI=1S/C16H20ClN3OS/c1-12(2)11-18-16(22)20-9-7-19(8-10-20)15(21)13-5-3-4-6-14(13)17/h3-6H,1,7-11H2,2H3,(H,18,22). The van der Waals surface area contributed by atoms with Crippen molar-refractivity contribution in [2.75, 3.05) is 32.7 Å². The SMILES string of the molecule is C=C(C)CNC(=S)N1CCN(C(=O)c2ccccc2Cl)CC1. The molecule has 0 radical (unpaired) electrons. The predicted molar refractivity (Wildman–Crippen MR) is 94.3 cm³/mol. The van der Waals surface area contributed by atoms with E-state index >= 15 is 0 Å². The molecule has 1 aliphatic rings. The molecular formula is C16H20ClN3OS. The van der Waals surface area contributed by atoms with Crippen molar-refractivity contribution in [3.05, 3.63) is 47.0 Å². The highest BCUT2D eigenvalue weighted by Gasteiger charge is 2.24. The van der Waals surface area contributed by atoms with E-state index in [2.05, 4.69) is 16.8 Å². The van der Waals surface area contributed by atoms with E-state index in [9.17, 15) is 4.79 Å². The van der Waals surface area contributed by atoms with Crippen molar-refractivity contribution in [1.82, 2.24) is 15.1 Å². The summed E-state index contributed by atoms with van der Waals surface area (Å²) >= 11 is 11.5. The zero-order chi connectivity index (χ0) is 16.1. The zero-order valence-electron chi connectivity index (χ0n) is 12.6.